The van der Waals surface area contributed by atoms with Gasteiger partial charge in [-0.25, -0.2) is 4.39 Å². The number of rotatable bonds is 7. The minimum Gasteiger partial charge on any atom is -0.393 e. The summed E-state index contributed by atoms with van der Waals surface area (Å²) in [6, 6.07) is 3.38. The molecule has 9 heteroatoms. The van der Waals surface area contributed by atoms with E-state index in [9.17, 15) is 14.6 Å². The van der Waals surface area contributed by atoms with Gasteiger partial charge in [-0.2, -0.15) is 0 Å². The van der Waals surface area contributed by atoms with Gasteiger partial charge in [0, 0.05) is 12.1 Å². The average Bonchev–Trinajstić information content (AvgIpc) is 3.11. The Kier molecular flexibility index (Phi) is 5.38. The van der Waals surface area contributed by atoms with Gasteiger partial charge >= 0.3 is 0 Å². The predicted molar refractivity (Wildman–Crippen MR) is 84.9 cm³/mol. The van der Waals surface area contributed by atoms with Gasteiger partial charge < -0.3 is 30.4 Å². The summed E-state index contributed by atoms with van der Waals surface area (Å²) in [6.45, 7) is 1.58. The van der Waals surface area contributed by atoms with E-state index in [1.807, 2.05) is 0 Å². The second-order valence-corrected chi connectivity index (χ2v) is 6.31. The fourth-order valence-electron chi connectivity index (χ4n) is 2.71. The highest BCUT2D eigenvalue weighted by atomic mass is 19.1. The number of aliphatic imine (C=N–C) groups is 1. The minimum atomic E-state index is -1.43. The van der Waals surface area contributed by atoms with E-state index in [4.69, 9.17) is 20.6 Å². The summed E-state index contributed by atoms with van der Waals surface area (Å²) in [4.78, 5) is 6.80. The van der Waals surface area contributed by atoms with E-state index < -0.39 is 36.9 Å². The summed E-state index contributed by atoms with van der Waals surface area (Å²) >= 11 is 0. The van der Waals surface area contributed by atoms with Crippen molar-refractivity contribution in [1.29, 1.82) is 0 Å². The molecule has 0 radical (unpaired) electrons. The van der Waals surface area contributed by atoms with Crippen LogP contribution in [0.2, 0.25) is 0 Å². The predicted octanol–water partition coefficient (Wildman–Crippen LogP) is -1.22. The maximum Gasteiger partial charge on any atom is 0.280 e. The van der Waals surface area contributed by atoms with E-state index in [-0.39, 0.29) is 12.3 Å². The van der Waals surface area contributed by atoms with E-state index in [1.54, 1.807) is 12.1 Å². The molecule has 1 aliphatic heterocycles. The van der Waals surface area contributed by atoms with Crippen molar-refractivity contribution in [2.75, 3.05) is 13.3 Å². The topological polar surface area (TPSA) is 139 Å². The van der Waals surface area contributed by atoms with Crippen LogP contribution < -0.4 is 11.1 Å². The molecule has 1 aromatic heterocycles. The number of nitrogens with zero attached hydrogens (tertiary/aromatic N) is 1. The number of aromatic nitrogens is 1. The Morgan fingerprint density at radius 2 is 2.38 bits per heavy atom. The molecule has 24 heavy (non-hydrogen) atoms. The molecule has 0 amide bonds. The van der Waals surface area contributed by atoms with Gasteiger partial charge in [-0.1, -0.05) is 0 Å². The zero-order chi connectivity index (χ0) is 18.0. The summed E-state index contributed by atoms with van der Waals surface area (Å²) in [5, 5.41) is 24.6. The summed E-state index contributed by atoms with van der Waals surface area (Å²) in [7, 11) is 0. The monoisotopic (exact) mass is 343 g/mol. The van der Waals surface area contributed by atoms with Crippen molar-refractivity contribution in [3.63, 3.8) is 0 Å². The van der Waals surface area contributed by atoms with Crippen LogP contribution in [0.1, 0.15) is 37.8 Å². The highest BCUT2D eigenvalue weighted by Crippen LogP contribution is 2.42. The van der Waals surface area contributed by atoms with Crippen molar-refractivity contribution in [3.05, 3.63) is 23.5 Å². The van der Waals surface area contributed by atoms with E-state index in [0.29, 0.717) is 11.4 Å². The number of alkyl halides is 1. The molecule has 1 aliphatic rings. The third-order valence-corrected chi connectivity index (χ3v) is 3.76. The lowest BCUT2D eigenvalue weighted by Crippen LogP contribution is -2.36. The van der Waals surface area contributed by atoms with Crippen LogP contribution in [0.5, 0.6) is 0 Å². The van der Waals surface area contributed by atoms with Crippen molar-refractivity contribution in [1.82, 2.24) is 4.98 Å². The molecular formula is C15H24FN4O4+. The van der Waals surface area contributed by atoms with Gasteiger partial charge in [0.05, 0.1) is 12.7 Å². The lowest BCUT2D eigenvalue weighted by molar-refractivity contribution is -0.216. The normalized spacial score (nSPS) is 28.3. The Bertz CT molecular complexity index is 607. The second kappa shape index (κ2) is 6.98. The van der Waals surface area contributed by atoms with Crippen molar-refractivity contribution in [3.8, 4) is 0 Å². The Hall–Kier alpha value is -1.81. The molecule has 1 saturated heterocycles. The van der Waals surface area contributed by atoms with Crippen LogP contribution in [0.25, 0.3) is 0 Å². The molecule has 8 nitrogen and oxygen atoms in total. The van der Waals surface area contributed by atoms with Crippen molar-refractivity contribution >= 4 is 12.2 Å². The number of ether oxygens (including phenoxy) is 2. The first kappa shape index (κ1) is 18.5. The molecule has 3 atom stereocenters. The van der Waals surface area contributed by atoms with Gasteiger partial charge in [-0.05, 0) is 31.0 Å². The zero-order valence-corrected chi connectivity index (χ0v) is 13.7. The van der Waals surface area contributed by atoms with Gasteiger partial charge in [0.1, 0.15) is 24.1 Å². The van der Waals surface area contributed by atoms with Gasteiger partial charge in [0.15, 0.2) is 5.79 Å². The molecule has 0 aromatic carbocycles. The number of aliphatic hydroxyl groups is 2. The number of hydrogen-bond acceptors (Lipinski definition) is 4. The zero-order valence-electron chi connectivity index (χ0n) is 13.7. The number of nitrogens with one attached hydrogen (secondary N) is 1. The third kappa shape index (κ3) is 3.99. The molecule has 134 valence electrons. The molecule has 0 saturated carbocycles. The van der Waals surface area contributed by atoms with Crippen LogP contribution in [0.3, 0.4) is 0 Å². The van der Waals surface area contributed by atoms with Gasteiger partial charge in [0.2, 0.25) is 0 Å². The highest BCUT2D eigenvalue weighted by molar-refractivity contribution is 5.99. The molecule has 2 rings (SSSR count). The smallest absolute Gasteiger partial charge is 0.280 e. The Morgan fingerprint density at radius 1 is 1.67 bits per heavy atom. The fourth-order valence-corrected chi connectivity index (χ4v) is 2.71. The first-order valence-corrected chi connectivity index (χ1v) is 7.54. The molecule has 1 unspecified atom stereocenters. The van der Waals surface area contributed by atoms with Crippen LogP contribution in [0.4, 0.5) is 4.39 Å². The molecular weight excluding hydrogens is 319 g/mol. The Morgan fingerprint density at radius 3 is 2.92 bits per heavy atom. The molecule has 2 heterocycles. The van der Waals surface area contributed by atoms with Gasteiger partial charge in [-0.3, -0.25) is 5.41 Å². The fraction of sp³-hybridized carbons (Fsp3) is 0.600. The van der Waals surface area contributed by atoms with E-state index in [1.165, 1.54) is 13.8 Å². The SMILES string of the molecule is CC(C)(O)OC1C[C@](CO)(CF)O[C@H]1c1ccc(C(N)=NC=[NH2+])[nH]1. The quantitative estimate of drug-likeness (QED) is 0.240. The summed E-state index contributed by atoms with van der Waals surface area (Å²) in [6.07, 6.45) is -0.188. The molecule has 1 fully saturated rings. The number of halogens is 1. The third-order valence-electron chi connectivity index (χ3n) is 3.76. The standard InChI is InChI=1S/C15H23FN4O4/c1-14(2,22)23-11-5-15(6-16,7-21)24-12(11)9-3-4-10(20-9)13(18)19-8-17/h3-4,8,11-12,20-22H,5-7H2,1-2H3,(H3,17,18,19)/p+1/t11?,12-,15+/m0/s1. The molecule has 0 bridgehead atoms. The van der Waals surface area contributed by atoms with E-state index in [0.717, 1.165) is 6.34 Å². The number of nitrogens with two attached hydrogens (primary N) is 2. The first-order chi connectivity index (χ1) is 11.2. The maximum atomic E-state index is 13.4. The summed E-state index contributed by atoms with van der Waals surface area (Å²) in [5.41, 5.74) is 5.47. The number of aromatic amines is 1. The van der Waals surface area contributed by atoms with Crippen molar-refractivity contribution < 1.29 is 29.5 Å². The first-order valence-electron chi connectivity index (χ1n) is 7.54. The number of hydrogen-bond donors (Lipinski definition) is 5. The summed E-state index contributed by atoms with van der Waals surface area (Å²) < 4.78 is 24.7. The van der Waals surface area contributed by atoms with Crippen LogP contribution in [0.15, 0.2) is 17.1 Å². The maximum absolute atomic E-state index is 13.4. The van der Waals surface area contributed by atoms with Crippen LogP contribution in [0, 0.1) is 0 Å². The molecule has 0 spiro atoms. The largest absolute Gasteiger partial charge is 0.393 e. The van der Waals surface area contributed by atoms with Crippen LogP contribution in [-0.2, 0) is 9.47 Å². The molecule has 0 aliphatic carbocycles. The van der Waals surface area contributed by atoms with Crippen LogP contribution in [-0.4, -0.2) is 58.1 Å². The number of H-pyrrole nitrogens is 1. The van der Waals surface area contributed by atoms with E-state index >= 15 is 0 Å². The Balaban J connectivity index is 2.30. The lowest BCUT2D eigenvalue weighted by atomic mass is 9.99. The van der Waals surface area contributed by atoms with Gasteiger partial charge in [-0.15, -0.1) is 0 Å². The lowest BCUT2D eigenvalue weighted by Gasteiger charge is -2.26. The highest BCUT2D eigenvalue weighted by Gasteiger charge is 2.49. The molecule has 1 aromatic rings. The van der Waals surface area contributed by atoms with Crippen molar-refractivity contribution in [2.24, 2.45) is 10.7 Å². The minimum absolute atomic E-state index is 0.100. The van der Waals surface area contributed by atoms with Gasteiger partial charge in [0.25, 0.3) is 12.2 Å². The molecule has 7 N–H and O–H groups in total. The number of aliphatic hydroxyl groups excluding tert-OH is 1. The number of amidine groups is 1. The van der Waals surface area contributed by atoms with E-state index in [2.05, 4.69) is 9.98 Å². The Labute approximate surface area is 139 Å². The second-order valence-electron chi connectivity index (χ2n) is 6.31. The van der Waals surface area contributed by atoms with Crippen molar-refractivity contribution in [2.45, 2.75) is 43.9 Å². The van der Waals surface area contributed by atoms with Crippen LogP contribution >= 0.6 is 0 Å². The summed E-state index contributed by atoms with van der Waals surface area (Å²) in [5.74, 6) is -1.25. The average molecular weight is 343 g/mol.